The summed E-state index contributed by atoms with van der Waals surface area (Å²) in [4.78, 5) is 6.98. The summed E-state index contributed by atoms with van der Waals surface area (Å²) in [6.07, 6.45) is 5.38. The van der Waals surface area contributed by atoms with Crippen molar-refractivity contribution >= 4 is 40.3 Å². The highest BCUT2D eigenvalue weighted by atomic mass is 15.1. The van der Waals surface area contributed by atoms with Gasteiger partial charge in [-0.05, 0) is 117 Å². The van der Waals surface area contributed by atoms with E-state index < -0.39 is 0 Å². The fraction of sp³-hybridized carbons (Fsp3) is 0.265. The summed E-state index contributed by atoms with van der Waals surface area (Å²) in [5, 5.41) is 17.6. The zero-order chi connectivity index (χ0) is 28.2. The Balaban J connectivity index is 1.33. The largest absolute Gasteiger partial charge is 0.372 e. The molecule has 0 spiro atoms. The first-order valence-electron chi connectivity index (χ1n) is 14.1. The summed E-state index contributed by atoms with van der Waals surface area (Å²) in [7, 11) is 0. The highest BCUT2D eigenvalue weighted by Crippen LogP contribution is 2.27. The molecule has 40 heavy (non-hydrogen) atoms. The molecule has 0 atom stereocenters. The minimum atomic E-state index is 0.798. The van der Waals surface area contributed by atoms with Crippen LogP contribution in [0.4, 0.5) is 34.1 Å². The summed E-state index contributed by atoms with van der Waals surface area (Å²) >= 11 is 0. The topological polar surface area (TPSA) is 65.0 Å². The number of aryl methyl sites for hydroxylation is 2. The van der Waals surface area contributed by atoms with Crippen molar-refractivity contribution in [2.75, 3.05) is 18.0 Å². The van der Waals surface area contributed by atoms with E-state index in [0.29, 0.717) is 0 Å². The normalized spacial score (nSPS) is 11.7. The number of nitrogens with zero attached hydrogens (tertiary/aromatic N) is 6. The number of unbranched alkanes of at least 4 members (excludes halogenated alkanes) is 1. The first kappa shape index (κ1) is 28.6. The second-order valence-electron chi connectivity index (χ2n) is 9.68. The van der Waals surface area contributed by atoms with Crippen LogP contribution in [-0.4, -0.2) is 19.3 Å². The summed E-state index contributed by atoms with van der Waals surface area (Å²) < 4.78 is 0. The second-order valence-corrected chi connectivity index (χ2v) is 9.68. The molecule has 0 unspecified atom stereocenters. The van der Waals surface area contributed by atoms with Gasteiger partial charge in [-0.2, -0.15) is 20.5 Å². The third-order valence-corrected chi connectivity index (χ3v) is 6.72. The Morgan fingerprint density at radius 2 is 1.15 bits per heavy atom. The van der Waals surface area contributed by atoms with Crippen molar-refractivity contribution in [1.82, 2.24) is 0 Å². The Morgan fingerprint density at radius 3 is 1.70 bits per heavy atom. The Labute approximate surface area is 238 Å². The van der Waals surface area contributed by atoms with E-state index in [1.165, 1.54) is 24.1 Å². The number of anilines is 1. The van der Waals surface area contributed by atoms with Gasteiger partial charge in [0.15, 0.2) is 0 Å². The number of rotatable bonds is 12. The van der Waals surface area contributed by atoms with Gasteiger partial charge in [-0.25, -0.2) is 0 Å². The van der Waals surface area contributed by atoms with Gasteiger partial charge in [0.1, 0.15) is 0 Å². The standard InChI is InChI=1S/C34H38N6/c1-5-8-9-27-10-14-29(15-11-27)38-39-32-20-23-34(26(4)24-32)35-25-28-12-16-30(17-13-28)36-37-31-18-21-33(22-19-31)40(6-2)7-3/h10-25H,5-9H2,1-4H3. The van der Waals surface area contributed by atoms with Gasteiger partial charge in [-0.15, -0.1) is 0 Å². The van der Waals surface area contributed by atoms with Gasteiger partial charge in [0.25, 0.3) is 0 Å². The van der Waals surface area contributed by atoms with Gasteiger partial charge >= 0.3 is 0 Å². The summed E-state index contributed by atoms with van der Waals surface area (Å²) in [5.41, 5.74) is 8.77. The lowest BCUT2D eigenvalue weighted by Gasteiger charge is -2.20. The van der Waals surface area contributed by atoms with Gasteiger partial charge in [0, 0.05) is 25.0 Å². The van der Waals surface area contributed by atoms with Crippen LogP contribution in [0, 0.1) is 6.92 Å². The maximum absolute atomic E-state index is 4.67. The average molecular weight is 531 g/mol. The van der Waals surface area contributed by atoms with E-state index in [9.17, 15) is 0 Å². The Morgan fingerprint density at radius 1 is 0.625 bits per heavy atom. The lowest BCUT2D eigenvalue weighted by Crippen LogP contribution is -2.21. The lowest BCUT2D eigenvalue weighted by molar-refractivity contribution is 0.795. The highest BCUT2D eigenvalue weighted by Gasteiger charge is 2.02. The minimum absolute atomic E-state index is 0.798. The third-order valence-electron chi connectivity index (χ3n) is 6.72. The van der Waals surface area contributed by atoms with E-state index in [1.807, 2.05) is 79.9 Å². The van der Waals surface area contributed by atoms with Crippen LogP contribution in [0.3, 0.4) is 0 Å². The molecule has 0 aliphatic rings. The Hall–Kier alpha value is -4.45. The third kappa shape index (κ3) is 8.27. The fourth-order valence-corrected chi connectivity index (χ4v) is 4.28. The van der Waals surface area contributed by atoms with E-state index in [0.717, 1.165) is 59.1 Å². The van der Waals surface area contributed by atoms with Crippen LogP contribution in [0.25, 0.3) is 0 Å². The first-order chi connectivity index (χ1) is 19.6. The Kier molecular flexibility index (Phi) is 10.4. The zero-order valence-corrected chi connectivity index (χ0v) is 24.0. The van der Waals surface area contributed by atoms with Crippen molar-refractivity contribution in [1.29, 1.82) is 0 Å². The van der Waals surface area contributed by atoms with Crippen LogP contribution in [0.5, 0.6) is 0 Å². The van der Waals surface area contributed by atoms with Gasteiger partial charge < -0.3 is 4.90 Å². The number of aliphatic imine (C=N–C) groups is 1. The maximum Gasteiger partial charge on any atom is 0.0861 e. The molecule has 0 N–H and O–H groups in total. The quantitative estimate of drug-likeness (QED) is 0.133. The van der Waals surface area contributed by atoms with Gasteiger partial charge in [-0.1, -0.05) is 37.6 Å². The fourth-order valence-electron chi connectivity index (χ4n) is 4.28. The van der Waals surface area contributed by atoms with Crippen LogP contribution in [0.2, 0.25) is 0 Å². The van der Waals surface area contributed by atoms with Gasteiger partial charge in [0.05, 0.1) is 28.4 Å². The summed E-state index contributed by atoms with van der Waals surface area (Å²) in [6.45, 7) is 10.5. The molecule has 0 bridgehead atoms. The van der Waals surface area contributed by atoms with Crippen LogP contribution in [0.1, 0.15) is 50.3 Å². The molecule has 0 saturated heterocycles. The van der Waals surface area contributed by atoms with E-state index >= 15 is 0 Å². The molecular formula is C34H38N6. The van der Waals surface area contributed by atoms with E-state index in [4.69, 9.17) is 0 Å². The molecule has 4 rings (SSSR count). The van der Waals surface area contributed by atoms with Crippen molar-refractivity contribution in [3.8, 4) is 0 Å². The molecule has 4 aromatic rings. The smallest absolute Gasteiger partial charge is 0.0861 e. The van der Waals surface area contributed by atoms with Crippen LogP contribution >= 0.6 is 0 Å². The second kappa shape index (κ2) is 14.6. The van der Waals surface area contributed by atoms with Crippen LogP contribution in [-0.2, 0) is 6.42 Å². The number of hydrogen-bond acceptors (Lipinski definition) is 6. The highest BCUT2D eigenvalue weighted by molar-refractivity contribution is 5.83. The van der Waals surface area contributed by atoms with Crippen LogP contribution in [0.15, 0.2) is 116 Å². The monoisotopic (exact) mass is 530 g/mol. The molecule has 0 aromatic heterocycles. The molecule has 0 heterocycles. The number of benzene rings is 4. The van der Waals surface area contributed by atoms with E-state index in [2.05, 4.69) is 75.4 Å². The van der Waals surface area contributed by atoms with E-state index in [-0.39, 0.29) is 0 Å². The molecule has 0 aliphatic heterocycles. The van der Waals surface area contributed by atoms with Crippen molar-refractivity contribution in [2.24, 2.45) is 25.4 Å². The molecular weight excluding hydrogens is 492 g/mol. The molecule has 4 aromatic carbocycles. The molecule has 0 aliphatic carbocycles. The maximum atomic E-state index is 4.67. The Bertz CT molecular complexity index is 1430. The first-order valence-corrected chi connectivity index (χ1v) is 14.1. The summed E-state index contributed by atoms with van der Waals surface area (Å²) in [5.74, 6) is 0. The minimum Gasteiger partial charge on any atom is -0.372 e. The lowest BCUT2D eigenvalue weighted by atomic mass is 10.1. The van der Waals surface area contributed by atoms with Gasteiger partial charge in [-0.3, -0.25) is 4.99 Å². The van der Waals surface area contributed by atoms with Crippen molar-refractivity contribution in [3.05, 3.63) is 108 Å². The molecule has 6 nitrogen and oxygen atoms in total. The van der Waals surface area contributed by atoms with Crippen molar-refractivity contribution in [2.45, 2.75) is 47.0 Å². The molecule has 0 amide bonds. The van der Waals surface area contributed by atoms with Crippen molar-refractivity contribution < 1.29 is 0 Å². The zero-order valence-electron chi connectivity index (χ0n) is 24.0. The van der Waals surface area contributed by atoms with Crippen molar-refractivity contribution in [3.63, 3.8) is 0 Å². The number of hydrogen-bond donors (Lipinski definition) is 0. The average Bonchev–Trinajstić information content (AvgIpc) is 3.00. The molecule has 0 saturated carbocycles. The molecule has 6 heteroatoms. The molecule has 0 fully saturated rings. The molecule has 204 valence electrons. The molecule has 0 radical (unpaired) electrons. The van der Waals surface area contributed by atoms with Crippen LogP contribution < -0.4 is 4.90 Å². The number of azo groups is 2. The predicted octanol–water partition coefficient (Wildman–Crippen LogP) is 10.8. The summed E-state index contributed by atoms with van der Waals surface area (Å²) in [6, 6.07) is 30.3. The SMILES string of the molecule is CCCCc1ccc(N=Nc2ccc(N=Cc3ccc(N=Nc4ccc(N(CC)CC)cc4)cc3)c(C)c2)cc1. The van der Waals surface area contributed by atoms with Gasteiger partial charge in [0.2, 0.25) is 0 Å². The predicted molar refractivity (Wildman–Crippen MR) is 168 cm³/mol. The van der Waals surface area contributed by atoms with E-state index in [1.54, 1.807) is 0 Å².